The van der Waals surface area contributed by atoms with Gasteiger partial charge in [0.05, 0.1) is 0 Å². The maximum Gasteiger partial charge on any atom is 0.125 e. The fraction of sp³-hybridized carbons (Fsp3) is 0.444. The first-order chi connectivity index (χ1) is 5.36. The molecule has 0 saturated carbocycles. The van der Waals surface area contributed by atoms with Gasteiger partial charge in [0.25, 0.3) is 0 Å². The van der Waals surface area contributed by atoms with E-state index in [4.69, 9.17) is 0 Å². The molecule has 2 heteroatoms. The summed E-state index contributed by atoms with van der Waals surface area (Å²) in [4.78, 5) is 4.23. The number of rotatable bonds is 3. The Bertz CT molecular complexity index is 203. The summed E-state index contributed by atoms with van der Waals surface area (Å²) in [5.41, 5.74) is 1.28. The lowest BCUT2D eigenvalue weighted by Gasteiger charge is -2.01. The van der Waals surface area contributed by atoms with Crippen LogP contribution in [-0.4, -0.2) is 11.5 Å². The molecule has 0 amide bonds. The Morgan fingerprint density at radius 3 is 2.64 bits per heavy atom. The van der Waals surface area contributed by atoms with Gasteiger partial charge in [0, 0.05) is 12.7 Å². The highest BCUT2D eigenvalue weighted by Crippen LogP contribution is 2.04. The van der Waals surface area contributed by atoms with Crippen LogP contribution in [-0.2, 0) is 6.42 Å². The van der Waals surface area contributed by atoms with Crippen LogP contribution in [0.3, 0.4) is 0 Å². The Hall–Kier alpha value is -1.05. The van der Waals surface area contributed by atoms with Gasteiger partial charge >= 0.3 is 0 Å². The van der Waals surface area contributed by atoms with E-state index < -0.39 is 0 Å². The molecule has 1 heterocycles. The minimum atomic E-state index is 0.929. The molecule has 0 atom stereocenters. The Balaban J connectivity index is 2.66. The number of hydrogen-bond donors (Lipinski definition) is 1. The van der Waals surface area contributed by atoms with Crippen molar-refractivity contribution in [1.29, 1.82) is 0 Å². The number of hydrogen-bond acceptors (Lipinski definition) is 2. The normalized spacial score (nSPS) is 9.64. The molecule has 0 aromatic carbocycles. The molecule has 60 valence electrons. The largest absolute Gasteiger partial charge is 0.370 e. The lowest BCUT2D eigenvalue weighted by Crippen LogP contribution is -1.98. The van der Waals surface area contributed by atoms with Gasteiger partial charge in [-0.3, -0.25) is 0 Å². The second kappa shape index (κ2) is 3.96. The first-order valence-electron chi connectivity index (χ1n) is 4.05. The van der Waals surface area contributed by atoms with Crippen LogP contribution in [0.4, 0.5) is 5.82 Å². The van der Waals surface area contributed by atoms with Crippen molar-refractivity contribution in [3.63, 3.8) is 0 Å². The summed E-state index contributed by atoms with van der Waals surface area (Å²) in [6.45, 7) is 5.12. The minimum Gasteiger partial charge on any atom is -0.370 e. The van der Waals surface area contributed by atoms with Crippen molar-refractivity contribution in [2.45, 2.75) is 20.3 Å². The molecule has 0 saturated heterocycles. The van der Waals surface area contributed by atoms with Crippen LogP contribution in [0.2, 0.25) is 0 Å². The number of nitrogens with one attached hydrogen (secondary N) is 1. The second-order valence-electron chi connectivity index (χ2n) is 2.44. The van der Waals surface area contributed by atoms with E-state index in [1.54, 1.807) is 0 Å². The third-order valence-electron chi connectivity index (χ3n) is 1.59. The van der Waals surface area contributed by atoms with Gasteiger partial charge in [-0.15, -0.1) is 0 Å². The summed E-state index contributed by atoms with van der Waals surface area (Å²) < 4.78 is 0. The van der Waals surface area contributed by atoms with Gasteiger partial charge in [0.15, 0.2) is 0 Å². The fourth-order valence-electron chi connectivity index (χ4n) is 0.919. The monoisotopic (exact) mass is 150 g/mol. The first-order valence-corrected chi connectivity index (χ1v) is 4.05. The van der Waals surface area contributed by atoms with Gasteiger partial charge in [0.1, 0.15) is 5.82 Å². The number of anilines is 1. The summed E-state index contributed by atoms with van der Waals surface area (Å²) >= 11 is 0. The topological polar surface area (TPSA) is 24.9 Å². The van der Waals surface area contributed by atoms with Crippen LogP contribution in [0.1, 0.15) is 19.4 Å². The zero-order valence-electron chi connectivity index (χ0n) is 7.09. The average molecular weight is 150 g/mol. The minimum absolute atomic E-state index is 0.929. The van der Waals surface area contributed by atoms with Gasteiger partial charge in [-0.1, -0.05) is 13.0 Å². The number of aromatic nitrogens is 1. The Morgan fingerprint density at radius 2 is 2.18 bits per heavy atom. The van der Waals surface area contributed by atoms with E-state index in [9.17, 15) is 0 Å². The summed E-state index contributed by atoms with van der Waals surface area (Å²) in [5.74, 6) is 0.963. The molecule has 2 nitrogen and oxygen atoms in total. The van der Waals surface area contributed by atoms with Crippen molar-refractivity contribution >= 4 is 5.82 Å². The van der Waals surface area contributed by atoms with E-state index in [-0.39, 0.29) is 0 Å². The van der Waals surface area contributed by atoms with Crippen molar-refractivity contribution in [3.8, 4) is 0 Å². The van der Waals surface area contributed by atoms with Gasteiger partial charge in [-0.05, 0) is 25.0 Å². The van der Waals surface area contributed by atoms with Gasteiger partial charge in [0.2, 0.25) is 0 Å². The molecule has 11 heavy (non-hydrogen) atoms. The van der Waals surface area contributed by atoms with Gasteiger partial charge < -0.3 is 5.32 Å². The fourth-order valence-corrected chi connectivity index (χ4v) is 0.919. The molecule has 0 aliphatic heterocycles. The maximum absolute atomic E-state index is 4.23. The van der Waals surface area contributed by atoms with E-state index in [1.165, 1.54) is 5.56 Å². The van der Waals surface area contributed by atoms with E-state index >= 15 is 0 Å². The van der Waals surface area contributed by atoms with Crippen LogP contribution in [0.25, 0.3) is 0 Å². The van der Waals surface area contributed by atoms with Crippen LogP contribution in [0.15, 0.2) is 18.3 Å². The molecule has 1 N–H and O–H groups in total. The molecule has 1 aromatic heterocycles. The Labute approximate surface area is 67.7 Å². The Kier molecular flexibility index (Phi) is 2.90. The first kappa shape index (κ1) is 8.05. The molecule has 0 unspecified atom stereocenters. The second-order valence-corrected chi connectivity index (χ2v) is 2.44. The molecule has 0 radical (unpaired) electrons. The third-order valence-corrected chi connectivity index (χ3v) is 1.59. The molecule has 0 bridgehead atoms. The average Bonchev–Trinajstić information content (AvgIpc) is 2.07. The summed E-state index contributed by atoms with van der Waals surface area (Å²) in [5, 5.41) is 3.15. The predicted octanol–water partition coefficient (Wildman–Crippen LogP) is 2.08. The van der Waals surface area contributed by atoms with E-state index in [0.29, 0.717) is 0 Å². The van der Waals surface area contributed by atoms with Crippen molar-refractivity contribution < 1.29 is 0 Å². The van der Waals surface area contributed by atoms with Crippen LogP contribution < -0.4 is 5.32 Å². The summed E-state index contributed by atoms with van der Waals surface area (Å²) in [6, 6.07) is 4.12. The number of aryl methyl sites for hydroxylation is 1. The molecular formula is C9H14N2. The molecule has 0 aliphatic carbocycles. The smallest absolute Gasteiger partial charge is 0.125 e. The zero-order valence-corrected chi connectivity index (χ0v) is 7.09. The summed E-state index contributed by atoms with van der Waals surface area (Å²) in [6.07, 6.45) is 2.97. The number of nitrogens with zero attached hydrogens (tertiary/aromatic N) is 1. The van der Waals surface area contributed by atoms with Crippen LogP contribution in [0, 0.1) is 0 Å². The highest BCUT2D eigenvalue weighted by Gasteiger charge is 1.90. The lowest BCUT2D eigenvalue weighted by atomic mass is 10.2. The maximum atomic E-state index is 4.23. The van der Waals surface area contributed by atoms with Crippen molar-refractivity contribution in [1.82, 2.24) is 4.98 Å². The van der Waals surface area contributed by atoms with Crippen molar-refractivity contribution in [3.05, 3.63) is 23.9 Å². The quantitative estimate of drug-likeness (QED) is 0.713. The Morgan fingerprint density at radius 1 is 1.36 bits per heavy atom. The summed E-state index contributed by atoms with van der Waals surface area (Å²) in [7, 11) is 0. The highest BCUT2D eigenvalue weighted by molar-refractivity contribution is 5.35. The van der Waals surface area contributed by atoms with Gasteiger partial charge in [-0.25, -0.2) is 4.98 Å². The van der Waals surface area contributed by atoms with Crippen LogP contribution >= 0.6 is 0 Å². The molecule has 1 rings (SSSR count). The van der Waals surface area contributed by atoms with Gasteiger partial charge in [-0.2, -0.15) is 0 Å². The SMILES string of the molecule is CCNc1ccc(CC)cn1. The highest BCUT2D eigenvalue weighted by atomic mass is 15.0. The predicted molar refractivity (Wildman–Crippen MR) is 47.8 cm³/mol. The van der Waals surface area contributed by atoms with E-state index in [0.717, 1.165) is 18.8 Å². The van der Waals surface area contributed by atoms with Crippen molar-refractivity contribution in [2.24, 2.45) is 0 Å². The van der Waals surface area contributed by atoms with E-state index in [2.05, 4.69) is 30.2 Å². The van der Waals surface area contributed by atoms with Crippen molar-refractivity contribution in [2.75, 3.05) is 11.9 Å². The lowest BCUT2D eigenvalue weighted by molar-refractivity contribution is 1.09. The molecule has 1 aromatic rings. The third kappa shape index (κ3) is 2.22. The number of pyridine rings is 1. The molecule has 0 aliphatic rings. The van der Waals surface area contributed by atoms with E-state index in [1.807, 2.05) is 12.3 Å². The molecular weight excluding hydrogens is 136 g/mol. The molecule has 0 spiro atoms. The molecule has 0 fully saturated rings. The van der Waals surface area contributed by atoms with Crippen LogP contribution in [0.5, 0.6) is 0 Å². The zero-order chi connectivity index (χ0) is 8.10. The standard InChI is InChI=1S/C9H14N2/c1-3-8-5-6-9(10-4-2)11-7-8/h5-7H,3-4H2,1-2H3,(H,10,11).